The predicted octanol–water partition coefficient (Wildman–Crippen LogP) is 2.65. The van der Waals surface area contributed by atoms with E-state index in [1.165, 1.54) is 33.3 Å². The number of hydrogen-bond donors (Lipinski definition) is 0. The third-order valence-electron chi connectivity index (χ3n) is 3.60. The average Bonchev–Trinajstić information content (AvgIpc) is 2.54. The van der Waals surface area contributed by atoms with E-state index in [1.807, 2.05) is 6.92 Å². The molecule has 122 valence electrons. The summed E-state index contributed by atoms with van der Waals surface area (Å²) in [5, 5.41) is 0. The first-order valence-corrected chi connectivity index (χ1v) is 7.17. The summed E-state index contributed by atoms with van der Waals surface area (Å²) in [6, 6.07) is 1.58. The smallest absolute Gasteiger partial charge is 0.303 e. The van der Waals surface area contributed by atoms with Crippen LogP contribution in [-0.4, -0.2) is 31.8 Å². The highest BCUT2D eigenvalue weighted by Crippen LogP contribution is 2.41. The van der Waals surface area contributed by atoms with Gasteiger partial charge in [0.2, 0.25) is 0 Å². The van der Waals surface area contributed by atoms with Crippen LogP contribution in [0.15, 0.2) is 18.2 Å². The van der Waals surface area contributed by atoms with Gasteiger partial charge in [-0.2, -0.15) is 0 Å². The molecule has 0 N–H and O–H groups in total. The zero-order valence-corrected chi connectivity index (χ0v) is 13.5. The van der Waals surface area contributed by atoms with E-state index in [9.17, 15) is 14.4 Å². The van der Waals surface area contributed by atoms with Crippen LogP contribution in [0, 0.1) is 0 Å². The van der Waals surface area contributed by atoms with Gasteiger partial charge < -0.3 is 14.2 Å². The Hall–Kier alpha value is -2.63. The van der Waals surface area contributed by atoms with Crippen LogP contribution in [0.2, 0.25) is 0 Å². The zero-order valence-electron chi connectivity index (χ0n) is 13.5. The second-order valence-electron chi connectivity index (χ2n) is 5.02. The quantitative estimate of drug-likeness (QED) is 0.777. The van der Waals surface area contributed by atoms with Crippen molar-refractivity contribution in [3.8, 4) is 11.5 Å². The number of benzene rings is 1. The topological polar surface area (TPSA) is 78.9 Å². The molecule has 0 saturated heterocycles. The molecule has 2 rings (SSSR count). The molecule has 1 aliphatic carbocycles. The van der Waals surface area contributed by atoms with Crippen LogP contribution in [0.25, 0.3) is 0 Å². The van der Waals surface area contributed by atoms with Gasteiger partial charge in [-0.1, -0.05) is 6.92 Å². The fourth-order valence-electron chi connectivity index (χ4n) is 2.64. The molecule has 6 heteroatoms. The van der Waals surface area contributed by atoms with Gasteiger partial charge in [0.25, 0.3) is 0 Å². The Morgan fingerprint density at radius 3 is 2.17 bits per heavy atom. The Kier molecular flexibility index (Phi) is 4.83. The van der Waals surface area contributed by atoms with Gasteiger partial charge >= 0.3 is 5.97 Å². The van der Waals surface area contributed by atoms with Crippen LogP contribution in [0.4, 0.5) is 0 Å². The number of ether oxygens (including phenoxy) is 3. The average molecular weight is 318 g/mol. The summed E-state index contributed by atoms with van der Waals surface area (Å²) in [6.07, 6.45) is 2.28. The molecule has 1 atom stereocenters. The van der Waals surface area contributed by atoms with Gasteiger partial charge in [0.05, 0.1) is 25.3 Å². The molecule has 0 spiro atoms. The monoisotopic (exact) mass is 318 g/mol. The Balaban J connectivity index is 2.75. The Morgan fingerprint density at radius 2 is 1.70 bits per heavy atom. The highest BCUT2D eigenvalue weighted by atomic mass is 16.5. The maximum Gasteiger partial charge on any atom is 0.303 e. The van der Waals surface area contributed by atoms with Crippen molar-refractivity contribution in [1.29, 1.82) is 0 Å². The summed E-state index contributed by atoms with van der Waals surface area (Å²) in [6.45, 7) is 3.15. The molecule has 6 nitrogen and oxygen atoms in total. The first kappa shape index (κ1) is 16.7. The van der Waals surface area contributed by atoms with E-state index in [-0.39, 0.29) is 34.2 Å². The van der Waals surface area contributed by atoms with Crippen LogP contribution in [-0.2, 0) is 9.53 Å². The number of rotatable bonds is 5. The highest BCUT2D eigenvalue weighted by molar-refractivity contribution is 6.24. The van der Waals surface area contributed by atoms with Gasteiger partial charge in [0.1, 0.15) is 17.6 Å². The highest BCUT2D eigenvalue weighted by Gasteiger charge is 2.32. The van der Waals surface area contributed by atoms with Crippen LogP contribution >= 0.6 is 0 Å². The third-order valence-corrected chi connectivity index (χ3v) is 3.60. The molecular weight excluding hydrogens is 300 g/mol. The fourth-order valence-corrected chi connectivity index (χ4v) is 2.64. The number of carbonyl (C=O) groups is 3. The Morgan fingerprint density at radius 1 is 1.09 bits per heavy atom. The van der Waals surface area contributed by atoms with Crippen LogP contribution in [0.5, 0.6) is 11.5 Å². The molecule has 0 aromatic heterocycles. The summed E-state index contributed by atoms with van der Waals surface area (Å²) in [7, 11) is 2.82. The largest absolute Gasteiger partial charge is 0.496 e. The molecule has 0 amide bonds. The summed E-state index contributed by atoms with van der Waals surface area (Å²) < 4.78 is 15.9. The van der Waals surface area contributed by atoms with E-state index in [0.717, 1.165) is 0 Å². The number of methoxy groups -OCH3 is 2. The van der Waals surface area contributed by atoms with Crippen molar-refractivity contribution >= 4 is 17.5 Å². The summed E-state index contributed by atoms with van der Waals surface area (Å²) in [5.74, 6) is -0.644. The van der Waals surface area contributed by atoms with E-state index in [4.69, 9.17) is 14.2 Å². The first-order chi connectivity index (χ1) is 10.9. The molecule has 23 heavy (non-hydrogen) atoms. The van der Waals surface area contributed by atoms with Crippen molar-refractivity contribution in [3.05, 3.63) is 34.9 Å². The van der Waals surface area contributed by atoms with E-state index in [2.05, 4.69) is 0 Å². The fraction of sp³-hybridized carbons (Fsp3) is 0.353. The molecule has 0 heterocycles. The number of hydrogen-bond acceptors (Lipinski definition) is 6. The number of ketones is 2. The van der Waals surface area contributed by atoms with Crippen molar-refractivity contribution < 1.29 is 28.6 Å². The van der Waals surface area contributed by atoms with Gasteiger partial charge in [-0.15, -0.1) is 0 Å². The molecule has 0 bridgehead atoms. The van der Waals surface area contributed by atoms with Gasteiger partial charge in [-0.05, 0) is 24.6 Å². The number of fused-ring (bicyclic) bond motifs is 1. The molecule has 0 fully saturated rings. The minimum absolute atomic E-state index is 0.139. The lowest BCUT2D eigenvalue weighted by molar-refractivity contribution is -0.146. The molecule has 1 aliphatic rings. The lowest BCUT2D eigenvalue weighted by Crippen LogP contribution is -2.18. The number of esters is 1. The number of carbonyl (C=O) groups excluding carboxylic acids is 3. The Labute approximate surface area is 134 Å². The molecule has 1 aromatic rings. The molecule has 1 unspecified atom stereocenters. The minimum atomic E-state index is -0.601. The second kappa shape index (κ2) is 6.64. The van der Waals surface area contributed by atoms with Crippen molar-refractivity contribution in [2.24, 2.45) is 0 Å². The normalized spacial score (nSPS) is 14.3. The third kappa shape index (κ3) is 2.97. The zero-order chi connectivity index (χ0) is 17.1. The van der Waals surface area contributed by atoms with Gasteiger partial charge in [0, 0.05) is 12.5 Å². The maximum absolute atomic E-state index is 12.3. The van der Waals surface area contributed by atoms with E-state index in [1.54, 1.807) is 6.07 Å². The predicted molar refractivity (Wildman–Crippen MR) is 82.1 cm³/mol. The lowest BCUT2D eigenvalue weighted by atomic mass is 9.89. The first-order valence-electron chi connectivity index (χ1n) is 7.17. The molecule has 0 saturated carbocycles. The summed E-state index contributed by atoms with van der Waals surface area (Å²) in [4.78, 5) is 35.7. The number of allylic oxidation sites excluding steroid dienone is 2. The lowest BCUT2D eigenvalue weighted by Gasteiger charge is -2.24. The van der Waals surface area contributed by atoms with Crippen LogP contribution in [0.1, 0.15) is 52.7 Å². The molecular formula is C17H18O6. The Bertz CT molecular complexity index is 702. The van der Waals surface area contributed by atoms with E-state index in [0.29, 0.717) is 12.0 Å². The van der Waals surface area contributed by atoms with Crippen molar-refractivity contribution in [2.75, 3.05) is 14.2 Å². The second-order valence-corrected chi connectivity index (χ2v) is 5.02. The van der Waals surface area contributed by atoms with Crippen molar-refractivity contribution in [2.45, 2.75) is 26.4 Å². The van der Waals surface area contributed by atoms with E-state index >= 15 is 0 Å². The van der Waals surface area contributed by atoms with Crippen molar-refractivity contribution in [1.82, 2.24) is 0 Å². The van der Waals surface area contributed by atoms with Crippen LogP contribution in [0.3, 0.4) is 0 Å². The molecule has 0 aliphatic heterocycles. The molecule has 0 radical (unpaired) electrons. The van der Waals surface area contributed by atoms with Crippen LogP contribution < -0.4 is 9.47 Å². The standard InChI is InChI=1S/C17H18O6/c1-5-13(23-9(2)18)10-8-14(21-3)15-11(19)6-7-12(20)16(15)17(10)22-4/h6-8,13H,5H2,1-4H3. The van der Waals surface area contributed by atoms with Gasteiger partial charge in [-0.25, -0.2) is 0 Å². The van der Waals surface area contributed by atoms with Gasteiger partial charge in [-0.3, -0.25) is 14.4 Å². The summed E-state index contributed by atoms with van der Waals surface area (Å²) in [5.41, 5.74) is 0.801. The SMILES string of the molecule is CCC(OC(C)=O)c1cc(OC)c2c(c1OC)C(=O)C=CC2=O. The van der Waals surface area contributed by atoms with E-state index < -0.39 is 12.1 Å². The summed E-state index contributed by atoms with van der Waals surface area (Å²) >= 11 is 0. The van der Waals surface area contributed by atoms with Gasteiger partial charge in [0.15, 0.2) is 11.6 Å². The maximum atomic E-state index is 12.3. The molecule has 1 aromatic carbocycles. The minimum Gasteiger partial charge on any atom is -0.496 e. The van der Waals surface area contributed by atoms with Crippen molar-refractivity contribution in [3.63, 3.8) is 0 Å².